The van der Waals surface area contributed by atoms with E-state index in [1.807, 2.05) is 41.5 Å². The van der Waals surface area contributed by atoms with Crippen LogP contribution in [0.1, 0.15) is 74.7 Å². The number of aliphatic hydroxyl groups is 1. The van der Waals surface area contributed by atoms with Crippen LogP contribution >= 0.6 is 0 Å². The maximum absolute atomic E-state index is 12.1. The molecule has 0 atom stereocenters. The van der Waals surface area contributed by atoms with Crippen molar-refractivity contribution < 1.29 is 43.1 Å². The number of rotatable bonds is 6. The van der Waals surface area contributed by atoms with Crippen molar-refractivity contribution in [2.45, 2.75) is 85.9 Å². The molecule has 0 aliphatic carbocycles. The smallest absolute Gasteiger partial charge is 0.410 e. The molecule has 0 bridgehead atoms. The number of aromatic nitrogens is 2. The van der Waals surface area contributed by atoms with Crippen molar-refractivity contribution in [1.29, 1.82) is 0 Å². The van der Waals surface area contributed by atoms with E-state index in [0.717, 1.165) is 44.0 Å². The SMILES string of the molecule is C.CC(C)(C)OC(=O)N1CCC(CO)CC1.CC(C)(C)OC(=O)N1CCC(COc2ccc([N+](=O)[O-])nc2)CC1.O=[N+]([O-])c1ccc(F)cn1. The van der Waals surface area contributed by atoms with Gasteiger partial charge >= 0.3 is 23.8 Å². The molecule has 1 N–H and O–H groups in total. The quantitative estimate of drug-likeness (QED) is 0.256. The molecule has 4 heterocycles. The fourth-order valence-corrected chi connectivity index (χ4v) is 4.49. The van der Waals surface area contributed by atoms with Crippen LogP contribution in [-0.2, 0) is 9.47 Å². The second-order valence-corrected chi connectivity index (χ2v) is 13.5. The van der Waals surface area contributed by atoms with E-state index in [9.17, 15) is 34.2 Å². The summed E-state index contributed by atoms with van der Waals surface area (Å²) in [6, 6.07) is 4.86. The van der Waals surface area contributed by atoms with Crippen LogP contribution in [0.4, 0.5) is 25.6 Å². The van der Waals surface area contributed by atoms with Crippen LogP contribution in [0.2, 0.25) is 0 Å². The lowest BCUT2D eigenvalue weighted by molar-refractivity contribution is -0.389. The minimum atomic E-state index is -0.681. The maximum atomic E-state index is 12.1. The number of piperidine rings is 2. The van der Waals surface area contributed by atoms with Gasteiger partial charge in [0, 0.05) is 44.9 Å². The lowest BCUT2D eigenvalue weighted by Gasteiger charge is -2.33. The number of amides is 2. The van der Waals surface area contributed by atoms with Gasteiger partial charge in [-0.1, -0.05) is 7.43 Å². The first kappa shape index (κ1) is 43.4. The third-order valence-electron chi connectivity index (χ3n) is 7.08. The Kier molecular flexibility index (Phi) is 17.4. The van der Waals surface area contributed by atoms with Crippen molar-refractivity contribution in [1.82, 2.24) is 19.8 Å². The van der Waals surface area contributed by atoms with Gasteiger partial charge in [0.15, 0.2) is 24.0 Å². The molecule has 0 saturated carbocycles. The minimum Gasteiger partial charge on any atom is -0.489 e. The molecule has 0 unspecified atom stereocenters. The number of likely N-dealkylation sites (tertiary alicyclic amines) is 2. The Morgan fingerprint density at radius 1 is 0.800 bits per heavy atom. The molecule has 2 aliphatic rings. The average molecular weight is 711 g/mol. The third kappa shape index (κ3) is 16.6. The molecule has 2 aromatic rings. The largest absolute Gasteiger partial charge is 0.489 e. The third-order valence-corrected chi connectivity index (χ3v) is 7.08. The van der Waals surface area contributed by atoms with E-state index in [1.165, 1.54) is 12.3 Å². The van der Waals surface area contributed by atoms with E-state index in [1.54, 1.807) is 15.9 Å². The Hall–Kier alpha value is -4.67. The zero-order valence-corrected chi connectivity index (χ0v) is 28.9. The number of aliphatic hydroxyl groups excluding tert-OH is 1. The normalized spacial score (nSPS) is 15.2. The van der Waals surface area contributed by atoms with Crippen molar-refractivity contribution in [2.75, 3.05) is 39.4 Å². The van der Waals surface area contributed by atoms with E-state index >= 15 is 0 Å². The minimum absolute atomic E-state index is 0. The van der Waals surface area contributed by atoms with Gasteiger partial charge in [-0.25, -0.2) is 14.0 Å². The van der Waals surface area contributed by atoms with Crippen LogP contribution in [0.5, 0.6) is 5.75 Å². The number of nitro groups is 2. The number of halogens is 1. The number of carbonyl (C=O) groups excluding carboxylic acids is 2. The highest BCUT2D eigenvalue weighted by atomic mass is 19.1. The summed E-state index contributed by atoms with van der Waals surface area (Å²) in [5, 5.41) is 29.5. The fourth-order valence-electron chi connectivity index (χ4n) is 4.49. The summed E-state index contributed by atoms with van der Waals surface area (Å²) < 4.78 is 28.3. The maximum Gasteiger partial charge on any atom is 0.410 e. The molecular formula is C33H51FN6O10. The Labute approximate surface area is 292 Å². The highest BCUT2D eigenvalue weighted by molar-refractivity contribution is 5.68. The van der Waals surface area contributed by atoms with E-state index in [0.29, 0.717) is 50.4 Å². The van der Waals surface area contributed by atoms with Crippen LogP contribution in [0.15, 0.2) is 36.7 Å². The molecule has 4 rings (SSSR count). The Morgan fingerprint density at radius 2 is 1.22 bits per heavy atom. The summed E-state index contributed by atoms with van der Waals surface area (Å²) in [6.07, 6.45) is 5.05. The number of ether oxygens (including phenoxy) is 3. The van der Waals surface area contributed by atoms with Gasteiger partial charge in [-0.3, -0.25) is 0 Å². The zero-order chi connectivity index (χ0) is 36.8. The lowest BCUT2D eigenvalue weighted by atomic mass is 9.98. The van der Waals surface area contributed by atoms with Gasteiger partial charge in [-0.2, -0.15) is 0 Å². The molecule has 0 spiro atoms. The van der Waals surface area contributed by atoms with Crippen molar-refractivity contribution in [3.05, 3.63) is 62.7 Å². The molecule has 2 amide bonds. The number of carbonyl (C=O) groups is 2. The van der Waals surface area contributed by atoms with Gasteiger partial charge in [0.25, 0.3) is 0 Å². The van der Waals surface area contributed by atoms with E-state index in [2.05, 4.69) is 9.97 Å². The number of pyridine rings is 2. The predicted octanol–water partition coefficient (Wildman–Crippen LogP) is 6.41. The summed E-state index contributed by atoms with van der Waals surface area (Å²) in [4.78, 5) is 53.3. The van der Waals surface area contributed by atoms with E-state index in [4.69, 9.17) is 19.3 Å². The van der Waals surface area contributed by atoms with Crippen LogP contribution < -0.4 is 4.74 Å². The average Bonchev–Trinajstić information content (AvgIpc) is 3.03. The van der Waals surface area contributed by atoms with Gasteiger partial charge in [0.1, 0.15) is 11.2 Å². The van der Waals surface area contributed by atoms with E-state index < -0.39 is 26.9 Å². The molecule has 17 heteroatoms. The first-order valence-corrected chi connectivity index (χ1v) is 15.9. The highest BCUT2D eigenvalue weighted by Crippen LogP contribution is 2.22. The molecule has 2 fully saturated rings. The number of hydrogen-bond acceptors (Lipinski definition) is 12. The summed E-state index contributed by atoms with van der Waals surface area (Å²) in [6.45, 7) is 14.5. The molecule has 16 nitrogen and oxygen atoms in total. The lowest BCUT2D eigenvalue weighted by Crippen LogP contribution is -2.42. The van der Waals surface area contributed by atoms with Gasteiger partial charge in [0.2, 0.25) is 0 Å². The summed E-state index contributed by atoms with van der Waals surface area (Å²) in [7, 11) is 0. The van der Waals surface area contributed by atoms with Crippen LogP contribution in [0.3, 0.4) is 0 Å². The first-order chi connectivity index (χ1) is 22.9. The molecule has 2 aromatic heterocycles. The van der Waals surface area contributed by atoms with Crippen LogP contribution in [-0.4, -0.2) is 97.5 Å². The molecule has 280 valence electrons. The summed E-state index contributed by atoms with van der Waals surface area (Å²) in [5.74, 6) is 0.0674. The van der Waals surface area contributed by atoms with Crippen molar-refractivity contribution in [3.8, 4) is 5.75 Å². The molecular weight excluding hydrogens is 659 g/mol. The number of nitrogens with zero attached hydrogens (tertiary/aromatic N) is 6. The summed E-state index contributed by atoms with van der Waals surface area (Å²) >= 11 is 0. The fraction of sp³-hybridized carbons (Fsp3) is 0.636. The van der Waals surface area contributed by atoms with Crippen molar-refractivity contribution in [2.24, 2.45) is 11.8 Å². The molecule has 2 aliphatic heterocycles. The standard InChI is InChI=1S/C16H23N3O5.C11H21NO3.C5H3FN2O2.CH4/c1-16(2,3)24-15(20)18-8-6-12(7-9-18)11-23-13-4-5-14(17-10-13)19(21)22;1-11(2,3)15-10(14)12-6-4-9(8-13)5-7-12;6-4-1-2-5(7-3-4)8(9)10;/h4-5,10,12H,6-9,11H2,1-3H3;9,13H,4-8H2,1-3H3;1-3H;1H4. The predicted molar refractivity (Wildman–Crippen MR) is 182 cm³/mol. The second kappa shape index (κ2) is 20.1. The zero-order valence-electron chi connectivity index (χ0n) is 28.9. The second-order valence-electron chi connectivity index (χ2n) is 13.5. The van der Waals surface area contributed by atoms with Gasteiger partial charge < -0.3 is 49.3 Å². The van der Waals surface area contributed by atoms with Crippen LogP contribution in [0.25, 0.3) is 0 Å². The topological polar surface area (TPSA) is 201 Å². The molecule has 0 radical (unpaired) electrons. The van der Waals surface area contributed by atoms with Crippen molar-refractivity contribution in [3.63, 3.8) is 0 Å². The van der Waals surface area contributed by atoms with Gasteiger partial charge in [0.05, 0.1) is 6.61 Å². The molecule has 0 aromatic carbocycles. The highest BCUT2D eigenvalue weighted by Gasteiger charge is 2.28. The Morgan fingerprint density at radius 3 is 1.56 bits per heavy atom. The van der Waals surface area contributed by atoms with Gasteiger partial charge in [-0.05, 0) is 111 Å². The number of hydrogen-bond donors (Lipinski definition) is 1. The van der Waals surface area contributed by atoms with Crippen molar-refractivity contribution >= 4 is 23.8 Å². The monoisotopic (exact) mass is 710 g/mol. The summed E-state index contributed by atoms with van der Waals surface area (Å²) in [5.41, 5.74) is -0.912. The molecule has 2 saturated heterocycles. The first-order valence-electron chi connectivity index (χ1n) is 15.9. The van der Waals surface area contributed by atoms with Gasteiger partial charge in [-0.15, -0.1) is 0 Å². The van der Waals surface area contributed by atoms with Crippen LogP contribution in [0, 0.1) is 37.9 Å². The Balaban J connectivity index is 0.000000410. The van der Waals surface area contributed by atoms with E-state index in [-0.39, 0.29) is 37.9 Å². The molecule has 50 heavy (non-hydrogen) atoms. The Bertz CT molecular complexity index is 1350.